The maximum atomic E-state index is 13.8. The molecular formula is C16H13F2N3S. The van der Waals surface area contributed by atoms with Gasteiger partial charge in [0, 0.05) is 12.8 Å². The van der Waals surface area contributed by atoms with Crippen LogP contribution in [0.4, 0.5) is 8.78 Å². The normalized spacial score (nSPS) is 10.9. The van der Waals surface area contributed by atoms with Gasteiger partial charge < -0.3 is 4.57 Å². The zero-order valence-electron chi connectivity index (χ0n) is 11.8. The second-order valence-corrected chi connectivity index (χ2v) is 5.67. The Labute approximate surface area is 131 Å². The van der Waals surface area contributed by atoms with Crippen LogP contribution in [0.3, 0.4) is 0 Å². The first-order valence-electron chi connectivity index (χ1n) is 6.67. The summed E-state index contributed by atoms with van der Waals surface area (Å²) < 4.78 is 29.2. The van der Waals surface area contributed by atoms with E-state index < -0.39 is 0 Å². The SMILES string of the molecule is Cn1c(SCc2ccccc2F)nnc1-c1ccccc1F. The van der Waals surface area contributed by atoms with Gasteiger partial charge in [-0.05, 0) is 23.8 Å². The number of halogens is 2. The molecular weight excluding hydrogens is 304 g/mol. The number of rotatable bonds is 4. The molecule has 0 amide bonds. The third kappa shape index (κ3) is 2.87. The topological polar surface area (TPSA) is 30.7 Å². The van der Waals surface area contributed by atoms with Gasteiger partial charge in [-0.1, -0.05) is 42.1 Å². The van der Waals surface area contributed by atoms with Crippen LogP contribution in [0, 0.1) is 11.6 Å². The number of benzene rings is 2. The summed E-state index contributed by atoms with van der Waals surface area (Å²) in [4.78, 5) is 0. The number of hydrogen-bond donors (Lipinski definition) is 0. The van der Waals surface area contributed by atoms with E-state index in [0.717, 1.165) is 0 Å². The van der Waals surface area contributed by atoms with Gasteiger partial charge in [-0.2, -0.15) is 0 Å². The maximum absolute atomic E-state index is 13.8. The molecule has 3 nitrogen and oxygen atoms in total. The van der Waals surface area contributed by atoms with Crippen molar-refractivity contribution in [2.45, 2.75) is 10.9 Å². The summed E-state index contributed by atoms with van der Waals surface area (Å²) in [7, 11) is 1.77. The lowest BCUT2D eigenvalue weighted by atomic mass is 10.2. The van der Waals surface area contributed by atoms with Gasteiger partial charge in [-0.25, -0.2) is 8.78 Å². The van der Waals surface area contributed by atoms with Crippen LogP contribution in [0.25, 0.3) is 11.4 Å². The fourth-order valence-electron chi connectivity index (χ4n) is 2.08. The molecule has 1 heterocycles. The Bertz CT molecular complexity index is 802. The van der Waals surface area contributed by atoms with Crippen molar-refractivity contribution in [1.29, 1.82) is 0 Å². The van der Waals surface area contributed by atoms with Crippen molar-refractivity contribution >= 4 is 11.8 Å². The van der Waals surface area contributed by atoms with E-state index in [1.165, 1.54) is 23.9 Å². The number of thioether (sulfide) groups is 1. The van der Waals surface area contributed by atoms with E-state index >= 15 is 0 Å². The molecule has 0 bridgehead atoms. The lowest BCUT2D eigenvalue weighted by Gasteiger charge is -2.05. The Morgan fingerprint density at radius 3 is 2.36 bits per heavy atom. The summed E-state index contributed by atoms with van der Waals surface area (Å²) in [5, 5.41) is 8.72. The Hall–Kier alpha value is -2.21. The second kappa shape index (κ2) is 6.27. The summed E-state index contributed by atoms with van der Waals surface area (Å²) >= 11 is 1.36. The molecule has 1 aromatic heterocycles. The monoisotopic (exact) mass is 317 g/mol. The molecule has 2 aromatic carbocycles. The molecule has 112 valence electrons. The highest BCUT2D eigenvalue weighted by Crippen LogP contribution is 2.27. The highest BCUT2D eigenvalue weighted by Gasteiger charge is 2.14. The van der Waals surface area contributed by atoms with Crippen LogP contribution < -0.4 is 0 Å². The standard InChI is InChI=1S/C16H13F2N3S/c1-21-15(12-7-3-5-9-14(12)18)19-20-16(21)22-10-11-6-2-4-8-13(11)17/h2-9H,10H2,1H3. The highest BCUT2D eigenvalue weighted by molar-refractivity contribution is 7.98. The molecule has 0 saturated carbocycles. The highest BCUT2D eigenvalue weighted by atomic mass is 32.2. The van der Waals surface area contributed by atoms with Gasteiger partial charge >= 0.3 is 0 Å². The molecule has 0 unspecified atom stereocenters. The van der Waals surface area contributed by atoms with E-state index in [2.05, 4.69) is 10.2 Å². The van der Waals surface area contributed by atoms with E-state index in [0.29, 0.717) is 27.9 Å². The van der Waals surface area contributed by atoms with Crippen LogP contribution in [0.1, 0.15) is 5.56 Å². The maximum Gasteiger partial charge on any atom is 0.191 e. The van der Waals surface area contributed by atoms with Crippen LogP contribution in [0.15, 0.2) is 53.7 Å². The molecule has 6 heteroatoms. The molecule has 22 heavy (non-hydrogen) atoms. The number of nitrogens with zero attached hydrogens (tertiary/aromatic N) is 3. The smallest absolute Gasteiger partial charge is 0.191 e. The van der Waals surface area contributed by atoms with Gasteiger partial charge in [0.25, 0.3) is 0 Å². The first-order chi connectivity index (χ1) is 10.7. The molecule has 0 spiro atoms. The van der Waals surface area contributed by atoms with Gasteiger partial charge in [-0.3, -0.25) is 0 Å². The van der Waals surface area contributed by atoms with Gasteiger partial charge in [0.05, 0.1) is 5.56 Å². The van der Waals surface area contributed by atoms with Crippen LogP contribution in [-0.2, 0) is 12.8 Å². The lowest BCUT2D eigenvalue weighted by molar-refractivity contribution is 0.617. The number of aromatic nitrogens is 3. The Balaban J connectivity index is 1.83. The van der Waals surface area contributed by atoms with E-state index in [4.69, 9.17) is 0 Å². The van der Waals surface area contributed by atoms with E-state index in [9.17, 15) is 8.78 Å². The summed E-state index contributed by atoms with van der Waals surface area (Å²) in [6.45, 7) is 0. The lowest BCUT2D eigenvalue weighted by Crippen LogP contribution is -1.97. The van der Waals surface area contributed by atoms with Crippen LogP contribution >= 0.6 is 11.8 Å². The summed E-state index contributed by atoms with van der Waals surface area (Å²) in [5.41, 5.74) is 0.998. The molecule has 3 rings (SSSR count). The second-order valence-electron chi connectivity index (χ2n) is 4.73. The Morgan fingerprint density at radius 1 is 0.955 bits per heavy atom. The minimum atomic E-state index is -0.344. The third-order valence-corrected chi connectivity index (χ3v) is 4.33. The average Bonchev–Trinajstić information content (AvgIpc) is 2.88. The molecule has 3 aromatic rings. The van der Waals surface area contributed by atoms with Gasteiger partial charge in [0.15, 0.2) is 11.0 Å². The molecule has 0 fully saturated rings. The molecule has 0 radical (unpaired) electrons. The minimum Gasteiger partial charge on any atom is -0.305 e. The van der Waals surface area contributed by atoms with Crippen molar-refractivity contribution in [3.8, 4) is 11.4 Å². The van der Waals surface area contributed by atoms with Crippen LogP contribution in [0.2, 0.25) is 0 Å². The predicted molar refractivity (Wildman–Crippen MR) is 82.4 cm³/mol. The largest absolute Gasteiger partial charge is 0.305 e. The van der Waals surface area contributed by atoms with Crippen molar-refractivity contribution in [3.05, 3.63) is 65.7 Å². The van der Waals surface area contributed by atoms with Crippen molar-refractivity contribution in [1.82, 2.24) is 14.8 Å². The molecule has 0 atom stereocenters. The summed E-state index contributed by atoms with van der Waals surface area (Å²) in [6.07, 6.45) is 0. The Morgan fingerprint density at radius 2 is 1.64 bits per heavy atom. The van der Waals surface area contributed by atoms with Crippen molar-refractivity contribution in [2.24, 2.45) is 7.05 Å². The van der Waals surface area contributed by atoms with Crippen LogP contribution in [-0.4, -0.2) is 14.8 Å². The van der Waals surface area contributed by atoms with Crippen LogP contribution in [0.5, 0.6) is 0 Å². The summed E-state index contributed by atoms with van der Waals surface area (Å²) in [6, 6.07) is 13.0. The minimum absolute atomic E-state index is 0.244. The van der Waals surface area contributed by atoms with Gasteiger partial charge in [0.2, 0.25) is 0 Å². The van der Waals surface area contributed by atoms with Crippen molar-refractivity contribution < 1.29 is 8.78 Å². The average molecular weight is 317 g/mol. The van der Waals surface area contributed by atoms with Crippen molar-refractivity contribution in [2.75, 3.05) is 0 Å². The van der Waals surface area contributed by atoms with E-state index in [1.54, 1.807) is 48.0 Å². The third-order valence-electron chi connectivity index (χ3n) is 3.26. The molecule has 0 aliphatic heterocycles. The fraction of sp³-hybridized carbons (Fsp3) is 0.125. The fourth-order valence-corrected chi connectivity index (χ4v) is 2.97. The molecule has 0 aliphatic rings. The van der Waals surface area contributed by atoms with E-state index in [1.807, 2.05) is 0 Å². The first-order valence-corrected chi connectivity index (χ1v) is 7.66. The molecule has 0 saturated heterocycles. The first kappa shape index (κ1) is 14.7. The Kier molecular flexibility index (Phi) is 4.20. The molecule has 0 aliphatic carbocycles. The van der Waals surface area contributed by atoms with E-state index in [-0.39, 0.29) is 11.6 Å². The van der Waals surface area contributed by atoms with Gasteiger partial charge in [0.1, 0.15) is 11.6 Å². The zero-order chi connectivity index (χ0) is 15.5. The van der Waals surface area contributed by atoms with Gasteiger partial charge in [-0.15, -0.1) is 10.2 Å². The molecule has 0 N–H and O–H groups in total. The zero-order valence-corrected chi connectivity index (χ0v) is 12.6. The summed E-state index contributed by atoms with van der Waals surface area (Å²) in [5.74, 6) is 0.305. The van der Waals surface area contributed by atoms with Crippen molar-refractivity contribution in [3.63, 3.8) is 0 Å². The quantitative estimate of drug-likeness (QED) is 0.680. The predicted octanol–water partition coefficient (Wildman–Crippen LogP) is 4.05. The number of hydrogen-bond acceptors (Lipinski definition) is 3.